The fourth-order valence-electron chi connectivity index (χ4n) is 1.28. The maximum Gasteiger partial charge on any atom is 0.338 e. The molecule has 0 spiro atoms. The van der Waals surface area contributed by atoms with Crippen molar-refractivity contribution in [1.29, 1.82) is 0 Å². The monoisotopic (exact) mass is 236 g/mol. The van der Waals surface area contributed by atoms with E-state index in [4.69, 9.17) is 4.74 Å². The van der Waals surface area contributed by atoms with Crippen molar-refractivity contribution < 1.29 is 9.53 Å². The van der Waals surface area contributed by atoms with Gasteiger partial charge >= 0.3 is 5.97 Å². The highest BCUT2D eigenvalue weighted by atomic mass is 16.5. The Hall–Kier alpha value is -1.31. The molecule has 0 fully saturated rings. The number of carbonyl (C=O) groups is 1. The first kappa shape index (κ1) is 15.7. The molecule has 0 heterocycles. The van der Waals surface area contributed by atoms with Crippen LogP contribution in [0.4, 0.5) is 0 Å². The Morgan fingerprint density at radius 2 is 1.71 bits per heavy atom. The number of esters is 1. The Balaban J connectivity index is 0.00000121. The van der Waals surface area contributed by atoms with Crippen LogP contribution in [0.1, 0.15) is 62.9 Å². The topological polar surface area (TPSA) is 26.3 Å². The van der Waals surface area contributed by atoms with Gasteiger partial charge in [-0.3, -0.25) is 0 Å². The van der Waals surface area contributed by atoms with Gasteiger partial charge in [0, 0.05) is 0 Å². The summed E-state index contributed by atoms with van der Waals surface area (Å²) in [6.07, 6.45) is 0.857. The predicted molar refractivity (Wildman–Crippen MR) is 72.5 cm³/mol. The van der Waals surface area contributed by atoms with Crippen LogP contribution in [0.3, 0.4) is 0 Å². The molecule has 0 aromatic heterocycles. The Bertz CT molecular complexity index is 312. The molecular formula is C15H24O2. The zero-order valence-electron chi connectivity index (χ0n) is 11.6. The average molecular weight is 236 g/mol. The Kier molecular flexibility index (Phi) is 8.12. The normalized spacial score (nSPS) is 9.53. The number of carbonyl (C=O) groups excluding carboxylic acids is 1. The molecule has 0 radical (unpaired) electrons. The van der Waals surface area contributed by atoms with Crippen LogP contribution in [0.5, 0.6) is 0 Å². The molecule has 0 atom stereocenters. The molecule has 2 nitrogen and oxygen atoms in total. The fraction of sp³-hybridized carbons (Fsp3) is 0.533. The maximum absolute atomic E-state index is 11.5. The minimum atomic E-state index is -0.229. The summed E-state index contributed by atoms with van der Waals surface area (Å²) >= 11 is 0. The smallest absolute Gasteiger partial charge is 0.338 e. The molecule has 96 valence electrons. The summed E-state index contributed by atoms with van der Waals surface area (Å²) in [5.41, 5.74) is 1.87. The first-order chi connectivity index (χ1) is 8.15. The van der Waals surface area contributed by atoms with Gasteiger partial charge in [-0.15, -0.1) is 0 Å². The lowest BCUT2D eigenvalue weighted by Crippen LogP contribution is -2.05. The van der Waals surface area contributed by atoms with Crippen molar-refractivity contribution in [1.82, 2.24) is 0 Å². The van der Waals surface area contributed by atoms with Gasteiger partial charge < -0.3 is 4.74 Å². The van der Waals surface area contributed by atoms with Crippen LogP contribution < -0.4 is 0 Å². The standard InChI is InChI=1S/C13H18O2.C2H6/c1-4-9-15-13(14)12-7-5-11(6-8-12)10(2)3;1-2/h5-8,10H,4,9H2,1-3H3;1-2H3. The summed E-state index contributed by atoms with van der Waals surface area (Å²) in [6, 6.07) is 7.61. The second-order valence-corrected chi connectivity index (χ2v) is 3.91. The molecule has 0 aliphatic heterocycles. The molecule has 17 heavy (non-hydrogen) atoms. The molecule has 1 rings (SSSR count). The lowest BCUT2D eigenvalue weighted by Gasteiger charge is -2.06. The van der Waals surface area contributed by atoms with Crippen LogP contribution in [0.15, 0.2) is 24.3 Å². The van der Waals surface area contributed by atoms with Crippen molar-refractivity contribution in [2.24, 2.45) is 0 Å². The number of hydrogen-bond donors (Lipinski definition) is 0. The predicted octanol–water partition coefficient (Wildman–Crippen LogP) is 4.40. The lowest BCUT2D eigenvalue weighted by atomic mass is 10.0. The number of rotatable bonds is 4. The molecule has 0 aliphatic carbocycles. The van der Waals surface area contributed by atoms with E-state index in [1.165, 1.54) is 5.56 Å². The van der Waals surface area contributed by atoms with Gasteiger partial charge in [-0.25, -0.2) is 4.79 Å². The van der Waals surface area contributed by atoms with Crippen LogP contribution in [0, 0.1) is 0 Å². The Morgan fingerprint density at radius 1 is 1.18 bits per heavy atom. The van der Waals surface area contributed by atoms with Crippen molar-refractivity contribution in [3.63, 3.8) is 0 Å². The van der Waals surface area contributed by atoms with Crippen LogP contribution in [-0.2, 0) is 4.74 Å². The maximum atomic E-state index is 11.5. The third-order valence-electron chi connectivity index (χ3n) is 2.25. The van der Waals surface area contributed by atoms with Gasteiger partial charge in [0.2, 0.25) is 0 Å². The molecule has 0 amide bonds. The molecule has 0 N–H and O–H groups in total. The molecular weight excluding hydrogens is 212 g/mol. The second kappa shape index (κ2) is 8.80. The van der Waals surface area contributed by atoms with Gasteiger partial charge in [-0.05, 0) is 30.0 Å². The van der Waals surface area contributed by atoms with Gasteiger partial charge in [0.05, 0.1) is 12.2 Å². The minimum absolute atomic E-state index is 0.229. The van der Waals surface area contributed by atoms with Crippen LogP contribution in [0.2, 0.25) is 0 Å². The van der Waals surface area contributed by atoms with E-state index in [0.29, 0.717) is 18.1 Å². The van der Waals surface area contributed by atoms with Crippen molar-refractivity contribution >= 4 is 5.97 Å². The largest absolute Gasteiger partial charge is 0.462 e. The van der Waals surface area contributed by atoms with Gasteiger partial charge in [-0.1, -0.05) is 46.8 Å². The second-order valence-electron chi connectivity index (χ2n) is 3.91. The summed E-state index contributed by atoms with van der Waals surface area (Å²) < 4.78 is 5.04. The molecule has 0 bridgehead atoms. The molecule has 0 saturated carbocycles. The molecule has 0 saturated heterocycles. The molecule has 1 aromatic carbocycles. The lowest BCUT2D eigenvalue weighted by molar-refractivity contribution is 0.0505. The average Bonchev–Trinajstić information content (AvgIpc) is 2.38. The van der Waals surface area contributed by atoms with E-state index in [1.54, 1.807) is 0 Å². The first-order valence-corrected chi connectivity index (χ1v) is 6.42. The summed E-state index contributed by atoms with van der Waals surface area (Å²) in [5, 5.41) is 0. The highest BCUT2D eigenvalue weighted by molar-refractivity contribution is 5.89. The quantitative estimate of drug-likeness (QED) is 0.724. The van der Waals surface area contributed by atoms with Crippen molar-refractivity contribution in [2.75, 3.05) is 6.61 Å². The van der Waals surface area contributed by atoms with Crippen molar-refractivity contribution in [3.8, 4) is 0 Å². The highest BCUT2D eigenvalue weighted by Crippen LogP contribution is 2.15. The van der Waals surface area contributed by atoms with Crippen molar-refractivity contribution in [2.45, 2.75) is 47.0 Å². The highest BCUT2D eigenvalue weighted by Gasteiger charge is 2.06. The van der Waals surface area contributed by atoms with Gasteiger partial charge in [0.25, 0.3) is 0 Å². The summed E-state index contributed by atoms with van der Waals surface area (Å²) in [4.78, 5) is 11.5. The third kappa shape index (κ3) is 5.53. The van der Waals surface area contributed by atoms with Crippen LogP contribution >= 0.6 is 0 Å². The molecule has 2 heteroatoms. The molecule has 0 aliphatic rings. The van der Waals surface area contributed by atoms with Crippen molar-refractivity contribution in [3.05, 3.63) is 35.4 Å². The first-order valence-electron chi connectivity index (χ1n) is 6.42. The molecule has 0 unspecified atom stereocenters. The molecule has 1 aromatic rings. The summed E-state index contributed by atoms with van der Waals surface area (Å²) in [7, 11) is 0. The minimum Gasteiger partial charge on any atom is -0.462 e. The zero-order chi connectivity index (χ0) is 13.3. The number of hydrogen-bond acceptors (Lipinski definition) is 2. The SMILES string of the molecule is CC.CCCOC(=O)c1ccc(C(C)C)cc1. The summed E-state index contributed by atoms with van der Waals surface area (Å²) in [5.74, 6) is 0.262. The van der Waals surface area contributed by atoms with E-state index in [2.05, 4.69) is 13.8 Å². The van der Waals surface area contributed by atoms with Gasteiger partial charge in [-0.2, -0.15) is 0 Å². The van der Waals surface area contributed by atoms with E-state index < -0.39 is 0 Å². The third-order valence-corrected chi connectivity index (χ3v) is 2.25. The Labute approximate surface area is 105 Å². The van der Waals surface area contributed by atoms with E-state index in [0.717, 1.165) is 6.42 Å². The van der Waals surface area contributed by atoms with E-state index >= 15 is 0 Å². The van der Waals surface area contributed by atoms with E-state index in [9.17, 15) is 4.79 Å². The van der Waals surface area contributed by atoms with Gasteiger partial charge in [0.15, 0.2) is 0 Å². The zero-order valence-corrected chi connectivity index (χ0v) is 11.6. The number of ether oxygens (including phenoxy) is 1. The van der Waals surface area contributed by atoms with E-state index in [-0.39, 0.29) is 5.97 Å². The van der Waals surface area contributed by atoms with Gasteiger partial charge in [0.1, 0.15) is 0 Å². The summed E-state index contributed by atoms with van der Waals surface area (Å²) in [6.45, 7) is 10.7. The Morgan fingerprint density at radius 3 is 2.12 bits per heavy atom. The van der Waals surface area contributed by atoms with E-state index in [1.807, 2.05) is 45.0 Å². The van der Waals surface area contributed by atoms with Crippen LogP contribution in [0.25, 0.3) is 0 Å². The van der Waals surface area contributed by atoms with Crippen LogP contribution in [-0.4, -0.2) is 12.6 Å². The fourth-order valence-corrected chi connectivity index (χ4v) is 1.28. The number of benzene rings is 1.